The van der Waals surface area contributed by atoms with Gasteiger partial charge >= 0.3 is 0 Å². The Bertz CT molecular complexity index is 1030. The number of nitrogens with zero attached hydrogens (tertiary/aromatic N) is 2. The first kappa shape index (κ1) is 17.0. The van der Waals surface area contributed by atoms with Crippen LogP contribution < -0.4 is 4.90 Å². The summed E-state index contributed by atoms with van der Waals surface area (Å²) in [5, 5.41) is 0.892. The van der Waals surface area contributed by atoms with Crippen LogP contribution in [0.3, 0.4) is 0 Å². The van der Waals surface area contributed by atoms with Gasteiger partial charge in [0.15, 0.2) is 5.76 Å². The molecule has 4 rings (SSSR count). The van der Waals surface area contributed by atoms with Crippen LogP contribution >= 0.6 is 0 Å². The van der Waals surface area contributed by atoms with Gasteiger partial charge in [0.1, 0.15) is 17.2 Å². The van der Waals surface area contributed by atoms with E-state index in [1.54, 1.807) is 24.4 Å². The van der Waals surface area contributed by atoms with Crippen LogP contribution in [-0.4, -0.2) is 17.3 Å². The van der Waals surface area contributed by atoms with Gasteiger partial charge in [0.25, 0.3) is 0 Å². The summed E-state index contributed by atoms with van der Waals surface area (Å²) in [6.45, 7) is 0.539. The first-order valence-corrected chi connectivity index (χ1v) is 8.61. The number of carbonyl (C=O) groups excluding carboxylic acids is 1. The van der Waals surface area contributed by atoms with Crippen LogP contribution in [0.1, 0.15) is 16.1 Å². The van der Waals surface area contributed by atoms with Crippen LogP contribution in [0.4, 0.5) is 10.2 Å². The fraction of sp³-hybridized carbons (Fsp3) is 0.0909. The number of benzene rings is 2. The van der Waals surface area contributed by atoms with E-state index < -0.39 is 0 Å². The first-order chi connectivity index (χ1) is 13.2. The minimum atomic E-state index is -0.290. The second-order valence-corrected chi connectivity index (χ2v) is 6.24. The molecule has 0 aliphatic carbocycles. The molecular weight excluding hydrogens is 343 g/mol. The van der Waals surface area contributed by atoms with Crippen LogP contribution in [0.2, 0.25) is 0 Å². The zero-order valence-electron chi connectivity index (χ0n) is 14.5. The maximum absolute atomic E-state index is 13.2. The third-order valence-electron chi connectivity index (χ3n) is 4.29. The average molecular weight is 360 g/mol. The summed E-state index contributed by atoms with van der Waals surface area (Å²) in [7, 11) is 0. The average Bonchev–Trinajstić information content (AvgIpc) is 3.14. The van der Waals surface area contributed by atoms with E-state index in [-0.39, 0.29) is 18.1 Å². The van der Waals surface area contributed by atoms with Crippen molar-refractivity contribution >= 4 is 22.6 Å². The highest BCUT2D eigenvalue weighted by molar-refractivity contribution is 6.00. The summed E-state index contributed by atoms with van der Waals surface area (Å²) in [6, 6.07) is 21.0. The third-order valence-corrected chi connectivity index (χ3v) is 4.29. The number of furan rings is 1. The van der Waals surface area contributed by atoms with Crippen LogP contribution in [0, 0.1) is 5.82 Å². The van der Waals surface area contributed by atoms with E-state index in [2.05, 4.69) is 4.98 Å². The molecule has 0 atom stereocenters. The van der Waals surface area contributed by atoms with Gasteiger partial charge in [0.2, 0.25) is 5.78 Å². The molecule has 5 heteroatoms. The monoisotopic (exact) mass is 360 g/mol. The van der Waals surface area contributed by atoms with E-state index in [4.69, 9.17) is 4.42 Å². The van der Waals surface area contributed by atoms with Crippen molar-refractivity contribution in [3.05, 3.63) is 96.1 Å². The number of fused-ring (bicyclic) bond motifs is 1. The van der Waals surface area contributed by atoms with E-state index in [9.17, 15) is 9.18 Å². The lowest BCUT2D eigenvalue weighted by Crippen LogP contribution is -2.30. The maximum atomic E-state index is 13.2. The smallest absolute Gasteiger partial charge is 0.217 e. The van der Waals surface area contributed by atoms with Crippen LogP contribution in [0.25, 0.3) is 11.0 Å². The second kappa shape index (κ2) is 7.41. The molecule has 0 amide bonds. The highest BCUT2D eigenvalue weighted by atomic mass is 19.1. The SMILES string of the molecule is O=C(CN(Cc1ccc(F)cc1)c1ccccn1)c1cc2ccccc2o1. The summed E-state index contributed by atoms with van der Waals surface area (Å²) < 4.78 is 18.9. The van der Waals surface area contributed by atoms with Crippen molar-refractivity contribution < 1.29 is 13.6 Å². The molecule has 2 aromatic heterocycles. The van der Waals surface area contributed by atoms with Gasteiger partial charge in [0.05, 0.1) is 6.54 Å². The standard InChI is InChI=1S/C22H17FN2O2/c23-18-10-8-16(9-11-18)14-25(22-7-3-4-12-24-22)15-19(26)21-13-17-5-1-2-6-20(17)27-21/h1-13H,14-15H2. The van der Waals surface area contributed by atoms with E-state index >= 15 is 0 Å². The number of ketones is 1. The molecular formula is C22H17FN2O2. The molecule has 0 spiro atoms. The molecule has 134 valence electrons. The minimum Gasteiger partial charge on any atom is -0.453 e. The molecule has 0 saturated carbocycles. The highest BCUT2D eigenvalue weighted by Crippen LogP contribution is 2.21. The maximum Gasteiger partial charge on any atom is 0.217 e. The summed E-state index contributed by atoms with van der Waals surface area (Å²) in [5.74, 6) is 0.558. The van der Waals surface area contributed by atoms with E-state index in [0.29, 0.717) is 23.7 Å². The van der Waals surface area contributed by atoms with Crippen molar-refractivity contribution in [3.63, 3.8) is 0 Å². The fourth-order valence-electron chi connectivity index (χ4n) is 2.94. The molecule has 0 fully saturated rings. The molecule has 0 saturated heterocycles. The molecule has 2 heterocycles. The molecule has 0 aliphatic heterocycles. The van der Waals surface area contributed by atoms with Gasteiger partial charge in [-0.25, -0.2) is 9.37 Å². The normalized spacial score (nSPS) is 10.9. The van der Waals surface area contributed by atoms with Crippen molar-refractivity contribution in [1.29, 1.82) is 0 Å². The predicted molar refractivity (Wildman–Crippen MR) is 102 cm³/mol. The van der Waals surface area contributed by atoms with Crippen molar-refractivity contribution in [1.82, 2.24) is 4.98 Å². The molecule has 0 N–H and O–H groups in total. The Morgan fingerprint density at radius 1 is 1.00 bits per heavy atom. The lowest BCUT2D eigenvalue weighted by Gasteiger charge is -2.22. The zero-order chi connectivity index (χ0) is 18.6. The van der Waals surface area contributed by atoms with Gasteiger partial charge in [-0.15, -0.1) is 0 Å². The minimum absolute atomic E-state index is 0.105. The first-order valence-electron chi connectivity index (χ1n) is 8.61. The van der Waals surface area contributed by atoms with Crippen molar-refractivity contribution in [3.8, 4) is 0 Å². The molecule has 0 bridgehead atoms. The molecule has 4 nitrogen and oxygen atoms in total. The summed E-state index contributed by atoms with van der Waals surface area (Å²) in [4.78, 5) is 19.0. The Morgan fingerprint density at radius 3 is 2.52 bits per heavy atom. The number of hydrogen-bond acceptors (Lipinski definition) is 4. The quantitative estimate of drug-likeness (QED) is 0.461. The number of pyridine rings is 1. The molecule has 27 heavy (non-hydrogen) atoms. The number of anilines is 1. The van der Waals surface area contributed by atoms with Crippen LogP contribution in [-0.2, 0) is 6.54 Å². The lowest BCUT2D eigenvalue weighted by molar-refractivity contribution is 0.0974. The highest BCUT2D eigenvalue weighted by Gasteiger charge is 2.18. The van der Waals surface area contributed by atoms with E-state index in [0.717, 1.165) is 10.9 Å². The largest absolute Gasteiger partial charge is 0.453 e. The Labute approximate surface area is 155 Å². The van der Waals surface area contributed by atoms with Gasteiger partial charge < -0.3 is 9.32 Å². The molecule has 4 aromatic rings. The van der Waals surface area contributed by atoms with Crippen molar-refractivity contribution in [2.75, 3.05) is 11.4 Å². The van der Waals surface area contributed by atoms with Crippen molar-refractivity contribution in [2.24, 2.45) is 0 Å². The van der Waals surface area contributed by atoms with E-state index in [1.165, 1.54) is 12.1 Å². The Balaban J connectivity index is 1.60. The topological polar surface area (TPSA) is 46.3 Å². The van der Waals surface area contributed by atoms with Gasteiger partial charge in [-0.2, -0.15) is 0 Å². The number of Topliss-reactive ketones (excluding diaryl/α,β-unsaturated/α-hetero) is 1. The Kier molecular flexibility index (Phi) is 4.66. The van der Waals surface area contributed by atoms with Gasteiger partial charge in [-0.3, -0.25) is 4.79 Å². The van der Waals surface area contributed by atoms with Crippen LogP contribution in [0.5, 0.6) is 0 Å². The lowest BCUT2D eigenvalue weighted by atomic mass is 10.2. The molecule has 0 aliphatic rings. The Morgan fingerprint density at radius 2 is 1.78 bits per heavy atom. The summed E-state index contributed by atoms with van der Waals surface area (Å²) in [6.07, 6.45) is 1.68. The second-order valence-electron chi connectivity index (χ2n) is 6.24. The number of hydrogen-bond donors (Lipinski definition) is 0. The van der Waals surface area contributed by atoms with Crippen molar-refractivity contribution in [2.45, 2.75) is 6.54 Å². The van der Waals surface area contributed by atoms with Gasteiger partial charge in [-0.1, -0.05) is 36.4 Å². The molecule has 0 radical (unpaired) electrons. The number of rotatable bonds is 6. The van der Waals surface area contributed by atoms with Gasteiger partial charge in [-0.05, 0) is 42.0 Å². The van der Waals surface area contributed by atoms with Crippen LogP contribution in [0.15, 0.2) is 83.4 Å². The number of para-hydroxylation sites is 1. The van der Waals surface area contributed by atoms with Gasteiger partial charge in [0, 0.05) is 18.1 Å². The fourth-order valence-corrected chi connectivity index (χ4v) is 2.94. The molecule has 0 unspecified atom stereocenters. The Hall–Kier alpha value is -3.47. The summed E-state index contributed by atoms with van der Waals surface area (Å²) in [5.41, 5.74) is 1.57. The number of aromatic nitrogens is 1. The predicted octanol–water partition coefficient (Wildman–Crippen LogP) is 4.86. The zero-order valence-corrected chi connectivity index (χ0v) is 14.5. The van der Waals surface area contributed by atoms with E-state index in [1.807, 2.05) is 47.4 Å². The molecule has 2 aromatic carbocycles. The summed E-state index contributed by atoms with van der Waals surface area (Å²) >= 11 is 0. The number of carbonyl (C=O) groups is 1. The third kappa shape index (κ3) is 3.87. The number of halogens is 1.